The van der Waals surface area contributed by atoms with E-state index in [1.165, 1.54) is 0 Å². The maximum Gasteiger partial charge on any atom is 0.231 e. The van der Waals surface area contributed by atoms with Crippen LogP contribution in [0.5, 0.6) is 0 Å². The van der Waals surface area contributed by atoms with Gasteiger partial charge in [-0.1, -0.05) is 18.5 Å². The van der Waals surface area contributed by atoms with Crippen LogP contribution in [0.25, 0.3) is 0 Å². The first-order valence-electron chi connectivity index (χ1n) is 6.87. The molecule has 1 aliphatic rings. The molecule has 0 saturated carbocycles. The molecule has 1 aliphatic heterocycles. The van der Waals surface area contributed by atoms with Crippen LogP contribution in [0.3, 0.4) is 0 Å². The Labute approximate surface area is 123 Å². The van der Waals surface area contributed by atoms with Gasteiger partial charge in [0.15, 0.2) is 0 Å². The zero-order valence-corrected chi connectivity index (χ0v) is 12.4. The molecule has 0 unspecified atom stereocenters. The number of carbonyl (C=O) groups excluding carboxylic acids is 1. The van der Waals surface area contributed by atoms with Gasteiger partial charge in [-0.15, -0.1) is 0 Å². The smallest absolute Gasteiger partial charge is 0.231 e. The van der Waals surface area contributed by atoms with Gasteiger partial charge in [-0.3, -0.25) is 9.69 Å². The van der Waals surface area contributed by atoms with Crippen molar-refractivity contribution in [2.75, 3.05) is 25.0 Å². The van der Waals surface area contributed by atoms with Crippen LogP contribution in [0.1, 0.15) is 25.6 Å². The lowest BCUT2D eigenvalue weighted by atomic mass is 10.1. The molecule has 1 fully saturated rings. The first-order chi connectivity index (χ1) is 9.56. The fourth-order valence-corrected chi connectivity index (χ4v) is 2.56. The molecule has 0 bridgehead atoms. The van der Waals surface area contributed by atoms with Crippen LogP contribution < -0.4 is 11.1 Å². The van der Waals surface area contributed by atoms with Crippen LogP contribution in [0, 0.1) is 0 Å². The molecule has 0 aliphatic carbocycles. The monoisotopic (exact) mass is 297 g/mol. The second-order valence-electron chi connectivity index (χ2n) is 5.01. The number of carbonyl (C=O) groups is 1. The number of aromatic nitrogens is 2. The first kappa shape index (κ1) is 15.0. The van der Waals surface area contributed by atoms with Crippen LogP contribution >= 0.6 is 11.6 Å². The van der Waals surface area contributed by atoms with Crippen molar-refractivity contribution in [2.45, 2.75) is 32.2 Å². The summed E-state index contributed by atoms with van der Waals surface area (Å²) in [5.74, 6) is 1.24. The van der Waals surface area contributed by atoms with Crippen molar-refractivity contribution < 1.29 is 4.79 Å². The van der Waals surface area contributed by atoms with E-state index >= 15 is 0 Å². The summed E-state index contributed by atoms with van der Waals surface area (Å²) in [6.07, 6.45) is 2.67. The van der Waals surface area contributed by atoms with Crippen molar-refractivity contribution in [3.63, 3.8) is 0 Å². The number of anilines is 1. The average molecular weight is 298 g/mol. The van der Waals surface area contributed by atoms with E-state index in [0.717, 1.165) is 44.0 Å². The average Bonchev–Trinajstić information content (AvgIpc) is 2.39. The molecule has 0 radical (unpaired) electrons. The molecular formula is C13H20ClN5O. The number of hydrogen-bond acceptors (Lipinski definition) is 5. The lowest BCUT2D eigenvalue weighted by Gasteiger charge is -2.31. The Hall–Kier alpha value is -1.40. The Kier molecular flexibility index (Phi) is 5.14. The highest BCUT2D eigenvalue weighted by Crippen LogP contribution is 2.17. The van der Waals surface area contributed by atoms with Gasteiger partial charge in [-0.05, 0) is 12.8 Å². The number of halogens is 1. The largest absolute Gasteiger partial charge is 0.369 e. The molecule has 1 amide bonds. The van der Waals surface area contributed by atoms with Gasteiger partial charge in [0.1, 0.15) is 16.8 Å². The van der Waals surface area contributed by atoms with E-state index in [9.17, 15) is 4.79 Å². The molecule has 0 atom stereocenters. The van der Waals surface area contributed by atoms with Crippen molar-refractivity contribution in [1.29, 1.82) is 0 Å². The number of aryl methyl sites for hydroxylation is 1. The van der Waals surface area contributed by atoms with E-state index < -0.39 is 0 Å². The van der Waals surface area contributed by atoms with Gasteiger partial charge >= 0.3 is 0 Å². The van der Waals surface area contributed by atoms with Crippen molar-refractivity contribution >= 4 is 23.3 Å². The predicted octanol–water partition coefficient (Wildman–Crippen LogP) is 1.05. The van der Waals surface area contributed by atoms with Crippen LogP contribution in [0.4, 0.5) is 5.82 Å². The summed E-state index contributed by atoms with van der Waals surface area (Å²) in [5.41, 5.74) is 5.20. The van der Waals surface area contributed by atoms with Crippen LogP contribution in [-0.4, -0.2) is 46.5 Å². The summed E-state index contributed by atoms with van der Waals surface area (Å²) < 4.78 is 0. The second-order valence-corrected chi connectivity index (χ2v) is 5.39. The van der Waals surface area contributed by atoms with Crippen LogP contribution in [-0.2, 0) is 11.2 Å². The topological polar surface area (TPSA) is 84.1 Å². The zero-order valence-electron chi connectivity index (χ0n) is 11.6. The third-order valence-electron chi connectivity index (χ3n) is 3.38. The molecule has 0 spiro atoms. The van der Waals surface area contributed by atoms with E-state index in [4.69, 9.17) is 17.3 Å². The summed E-state index contributed by atoms with van der Waals surface area (Å²) in [6.45, 7) is 4.06. The van der Waals surface area contributed by atoms with Gasteiger partial charge in [0.05, 0.1) is 6.54 Å². The molecule has 1 aromatic rings. The Morgan fingerprint density at radius 1 is 1.50 bits per heavy atom. The van der Waals surface area contributed by atoms with Crippen molar-refractivity contribution in [1.82, 2.24) is 14.9 Å². The van der Waals surface area contributed by atoms with Crippen LogP contribution in [0.15, 0.2) is 6.07 Å². The quantitative estimate of drug-likeness (QED) is 0.794. The van der Waals surface area contributed by atoms with Crippen molar-refractivity contribution in [3.8, 4) is 0 Å². The van der Waals surface area contributed by atoms with E-state index in [2.05, 4.69) is 20.2 Å². The molecule has 3 N–H and O–H groups in total. The van der Waals surface area contributed by atoms with Crippen LogP contribution in [0.2, 0.25) is 5.15 Å². The number of rotatable bonds is 5. The lowest BCUT2D eigenvalue weighted by Crippen LogP contribution is -2.43. The highest BCUT2D eigenvalue weighted by atomic mass is 35.5. The molecular weight excluding hydrogens is 278 g/mol. The number of primary amides is 1. The molecule has 0 aromatic carbocycles. The van der Waals surface area contributed by atoms with Gasteiger partial charge < -0.3 is 11.1 Å². The summed E-state index contributed by atoms with van der Waals surface area (Å²) in [7, 11) is 0. The first-order valence-corrected chi connectivity index (χ1v) is 7.25. The number of hydrogen-bond donors (Lipinski definition) is 2. The molecule has 20 heavy (non-hydrogen) atoms. The number of likely N-dealkylation sites (tertiary alicyclic amines) is 1. The van der Waals surface area contributed by atoms with E-state index in [1.54, 1.807) is 6.07 Å². The zero-order chi connectivity index (χ0) is 14.5. The molecule has 1 aromatic heterocycles. The number of nitrogens with zero attached hydrogens (tertiary/aromatic N) is 3. The van der Waals surface area contributed by atoms with Crippen molar-refractivity contribution in [3.05, 3.63) is 17.0 Å². The molecule has 2 heterocycles. The van der Waals surface area contributed by atoms with Gasteiger partial charge in [-0.2, -0.15) is 0 Å². The fourth-order valence-electron chi connectivity index (χ4n) is 2.36. The van der Waals surface area contributed by atoms with E-state index in [0.29, 0.717) is 17.7 Å². The normalized spacial score (nSPS) is 17.1. The molecule has 1 saturated heterocycles. The Bertz CT molecular complexity index is 474. The Balaban J connectivity index is 1.89. The minimum absolute atomic E-state index is 0.272. The molecule has 110 valence electrons. The van der Waals surface area contributed by atoms with Gasteiger partial charge in [0.2, 0.25) is 5.91 Å². The second kappa shape index (κ2) is 6.85. The minimum atomic E-state index is -0.272. The minimum Gasteiger partial charge on any atom is -0.369 e. The molecule has 2 rings (SSSR count). The maximum absolute atomic E-state index is 10.9. The highest BCUT2D eigenvalue weighted by Gasteiger charge is 2.20. The number of piperidine rings is 1. The van der Waals surface area contributed by atoms with E-state index in [-0.39, 0.29) is 5.91 Å². The Morgan fingerprint density at radius 2 is 2.20 bits per heavy atom. The summed E-state index contributed by atoms with van der Waals surface area (Å²) in [6, 6.07) is 2.09. The maximum atomic E-state index is 10.9. The summed E-state index contributed by atoms with van der Waals surface area (Å²) >= 11 is 5.98. The third kappa shape index (κ3) is 4.31. The predicted molar refractivity (Wildman–Crippen MR) is 78.7 cm³/mol. The van der Waals surface area contributed by atoms with E-state index in [1.807, 2.05) is 6.92 Å². The number of nitrogens with two attached hydrogens (primary N) is 1. The highest BCUT2D eigenvalue weighted by molar-refractivity contribution is 6.29. The SMILES string of the molecule is CCc1nc(Cl)cc(NC2CCN(CC(N)=O)CC2)n1. The molecule has 7 heteroatoms. The van der Waals surface area contributed by atoms with Crippen molar-refractivity contribution in [2.24, 2.45) is 5.73 Å². The van der Waals surface area contributed by atoms with Gasteiger partial charge in [0, 0.05) is 31.6 Å². The lowest BCUT2D eigenvalue weighted by molar-refractivity contribution is -0.119. The fraction of sp³-hybridized carbons (Fsp3) is 0.615. The standard InChI is InChI=1S/C13H20ClN5O/c1-2-12-17-10(14)7-13(18-12)16-9-3-5-19(6-4-9)8-11(15)20/h7,9H,2-6,8H2,1H3,(H2,15,20)(H,16,17,18). The number of nitrogens with one attached hydrogen (secondary N) is 1. The van der Waals surface area contributed by atoms with Gasteiger partial charge in [0.25, 0.3) is 0 Å². The summed E-state index contributed by atoms with van der Waals surface area (Å²) in [5, 5.41) is 3.86. The Morgan fingerprint density at radius 3 is 2.80 bits per heavy atom. The molecule has 6 nitrogen and oxygen atoms in total. The van der Waals surface area contributed by atoms with Gasteiger partial charge in [-0.25, -0.2) is 9.97 Å². The number of amides is 1. The third-order valence-corrected chi connectivity index (χ3v) is 3.57. The summed E-state index contributed by atoms with van der Waals surface area (Å²) in [4.78, 5) is 21.5.